The zero-order valence-electron chi connectivity index (χ0n) is 9.27. The molecule has 0 aliphatic heterocycles. The summed E-state index contributed by atoms with van der Waals surface area (Å²) < 4.78 is 0. The molecule has 2 aromatic carbocycles. The summed E-state index contributed by atoms with van der Waals surface area (Å²) in [6.45, 7) is 0. The molecular formula is C13H9ClNO3-. The molecule has 0 saturated heterocycles. The number of fused-ring (bicyclic) bond motifs is 1. The van der Waals surface area contributed by atoms with Crippen LogP contribution in [0.1, 0.15) is 10.4 Å². The molecule has 0 saturated carbocycles. The van der Waals surface area contributed by atoms with Crippen LogP contribution in [-0.2, 0) is 4.79 Å². The number of hydrogen-bond donors (Lipinski definition) is 1. The van der Waals surface area contributed by atoms with Gasteiger partial charge in [-0.25, -0.2) is 0 Å². The Balaban J connectivity index is 2.66. The topological polar surface area (TPSA) is 69.2 Å². The number of carbonyl (C=O) groups excluding carboxylic acids is 2. The number of alkyl halides is 1. The number of hydrogen-bond acceptors (Lipinski definition) is 3. The lowest BCUT2D eigenvalue weighted by Crippen LogP contribution is -2.23. The summed E-state index contributed by atoms with van der Waals surface area (Å²) in [6, 6.07) is 9.94. The number of rotatable bonds is 3. The van der Waals surface area contributed by atoms with Crippen molar-refractivity contribution in [1.29, 1.82) is 0 Å². The zero-order valence-corrected chi connectivity index (χ0v) is 10.0. The SMILES string of the molecule is O=C(CCl)Nc1cccc2cccc(C(=O)[O-])c12. The summed E-state index contributed by atoms with van der Waals surface area (Å²) >= 11 is 5.41. The van der Waals surface area contributed by atoms with Crippen LogP contribution in [0, 0.1) is 0 Å². The smallest absolute Gasteiger partial charge is 0.239 e. The fourth-order valence-electron chi connectivity index (χ4n) is 1.80. The van der Waals surface area contributed by atoms with Crippen LogP contribution in [0.15, 0.2) is 36.4 Å². The van der Waals surface area contributed by atoms with Crippen molar-refractivity contribution in [1.82, 2.24) is 0 Å². The van der Waals surface area contributed by atoms with Crippen molar-refractivity contribution in [2.24, 2.45) is 0 Å². The molecule has 18 heavy (non-hydrogen) atoms. The third-order valence-corrected chi connectivity index (χ3v) is 2.76. The highest BCUT2D eigenvalue weighted by molar-refractivity contribution is 6.29. The van der Waals surface area contributed by atoms with Gasteiger partial charge in [0.25, 0.3) is 0 Å². The van der Waals surface area contributed by atoms with E-state index in [1.54, 1.807) is 30.3 Å². The van der Waals surface area contributed by atoms with Crippen LogP contribution < -0.4 is 10.4 Å². The lowest BCUT2D eigenvalue weighted by atomic mass is 10.0. The molecule has 0 fully saturated rings. The Morgan fingerprint density at radius 2 is 1.83 bits per heavy atom. The van der Waals surface area contributed by atoms with E-state index in [9.17, 15) is 14.7 Å². The van der Waals surface area contributed by atoms with Gasteiger partial charge in [0.2, 0.25) is 5.91 Å². The Labute approximate surface area is 108 Å². The summed E-state index contributed by atoms with van der Waals surface area (Å²) in [7, 11) is 0. The van der Waals surface area contributed by atoms with Crippen LogP contribution in [0.3, 0.4) is 0 Å². The molecule has 0 heterocycles. The molecular weight excluding hydrogens is 254 g/mol. The summed E-state index contributed by atoms with van der Waals surface area (Å²) in [4.78, 5) is 22.4. The van der Waals surface area contributed by atoms with E-state index in [4.69, 9.17) is 11.6 Å². The highest BCUT2D eigenvalue weighted by atomic mass is 35.5. The van der Waals surface area contributed by atoms with Gasteiger partial charge in [-0.2, -0.15) is 0 Å². The van der Waals surface area contributed by atoms with Crippen LogP contribution in [0.2, 0.25) is 0 Å². The van der Waals surface area contributed by atoms with E-state index in [0.717, 1.165) is 0 Å². The number of benzene rings is 2. The monoisotopic (exact) mass is 262 g/mol. The van der Waals surface area contributed by atoms with Gasteiger partial charge < -0.3 is 15.2 Å². The molecule has 0 unspecified atom stereocenters. The number of carboxylic acids is 1. The van der Waals surface area contributed by atoms with Crippen LogP contribution in [-0.4, -0.2) is 17.8 Å². The summed E-state index contributed by atoms with van der Waals surface area (Å²) in [5, 5.41) is 14.8. The van der Waals surface area contributed by atoms with Crippen LogP contribution in [0.4, 0.5) is 5.69 Å². The Bertz CT molecular complexity index is 619. The molecule has 0 bridgehead atoms. The van der Waals surface area contributed by atoms with E-state index in [2.05, 4.69) is 5.32 Å². The maximum Gasteiger partial charge on any atom is 0.239 e. The molecule has 0 aliphatic carbocycles. The second-order valence-corrected chi connectivity index (χ2v) is 3.95. The molecule has 0 aromatic heterocycles. The van der Waals surface area contributed by atoms with Crippen molar-refractivity contribution in [3.05, 3.63) is 42.0 Å². The molecule has 1 N–H and O–H groups in total. The fraction of sp³-hybridized carbons (Fsp3) is 0.0769. The number of amides is 1. The molecule has 2 aromatic rings. The fourth-order valence-corrected chi connectivity index (χ4v) is 1.87. The predicted molar refractivity (Wildman–Crippen MR) is 67.6 cm³/mol. The molecule has 2 rings (SSSR count). The average molecular weight is 263 g/mol. The lowest BCUT2D eigenvalue weighted by Gasteiger charge is -2.12. The Hall–Kier alpha value is -2.07. The molecule has 92 valence electrons. The highest BCUT2D eigenvalue weighted by Gasteiger charge is 2.09. The highest BCUT2D eigenvalue weighted by Crippen LogP contribution is 2.26. The molecule has 0 aliphatic rings. The van der Waals surface area contributed by atoms with Gasteiger partial charge in [0.05, 0.1) is 5.97 Å². The van der Waals surface area contributed by atoms with Crippen LogP contribution >= 0.6 is 11.6 Å². The normalized spacial score (nSPS) is 10.3. The number of halogens is 1. The number of aromatic carboxylic acids is 1. The first kappa shape index (κ1) is 12.4. The van der Waals surface area contributed by atoms with Gasteiger partial charge in [0.1, 0.15) is 5.88 Å². The number of carbonyl (C=O) groups is 2. The third-order valence-electron chi connectivity index (χ3n) is 2.52. The van der Waals surface area contributed by atoms with Gasteiger partial charge in [0, 0.05) is 16.6 Å². The van der Waals surface area contributed by atoms with Crippen molar-refractivity contribution in [3.63, 3.8) is 0 Å². The minimum absolute atomic E-state index is 0.0398. The largest absolute Gasteiger partial charge is 0.545 e. The van der Waals surface area contributed by atoms with Crippen molar-refractivity contribution in [2.75, 3.05) is 11.2 Å². The first-order valence-electron chi connectivity index (χ1n) is 5.22. The minimum atomic E-state index is -1.28. The molecule has 4 nitrogen and oxygen atoms in total. The summed E-state index contributed by atoms with van der Waals surface area (Å²) in [6.07, 6.45) is 0. The second-order valence-electron chi connectivity index (χ2n) is 3.68. The van der Waals surface area contributed by atoms with Crippen LogP contribution in [0.5, 0.6) is 0 Å². The van der Waals surface area contributed by atoms with Crippen molar-refractivity contribution in [2.45, 2.75) is 0 Å². The first-order valence-corrected chi connectivity index (χ1v) is 5.76. The molecule has 1 amide bonds. The number of nitrogens with one attached hydrogen (secondary N) is 1. The van der Waals surface area contributed by atoms with Gasteiger partial charge in [-0.3, -0.25) is 4.79 Å². The number of anilines is 1. The standard InChI is InChI=1S/C13H10ClNO3/c14-7-11(16)15-10-6-2-4-8-3-1-5-9(12(8)10)13(17)18/h1-6H,7H2,(H,15,16)(H,17,18)/p-1. The van der Waals surface area contributed by atoms with E-state index >= 15 is 0 Å². The van der Waals surface area contributed by atoms with Crippen molar-refractivity contribution >= 4 is 39.9 Å². The Morgan fingerprint density at radius 1 is 1.17 bits per heavy atom. The van der Waals surface area contributed by atoms with Gasteiger partial charge in [-0.05, 0) is 11.5 Å². The Kier molecular flexibility index (Phi) is 3.48. The second kappa shape index (κ2) is 5.06. The molecule has 0 spiro atoms. The molecule has 0 atom stereocenters. The summed E-state index contributed by atoms with van der Waals surface area (Å²) in [5.74, 6) is -1.87. The maximum atomic E-state index is 11.3. The van der Waals surface area contributed by atoms with Gasteiger partial charge in [-0.15, -0.1) is 11.6 Å². The first-order chi connectivity index (χ1) is 8.63. The van der Waals surface area contributed by atoms with E-state index in [0.29, 0.717) is 16.5 Å². The van der Waals surface area contributed by atoms with E-state index in [-0.39, 0.29) is 11.4 Å². The molecule has 5 heteroatoms. The van der Waals surface area contributed by atoms with Gasteiger partial charge >= 0.3 is 0 Å². The van der Waals surface area contributed by atoms with Crippen molar-refractivity contribution < 1.29 is 14.7 Å². The molecule has 0 radical (unpaired) electrons. The minimum Gasteiger partial charge on any atom is -0.545 e. The third kappa shape index (κ3) is 2.28. The maximum absolute atomic E-state index is 11.3. The summed E-state index contributed by atoms with van der Waals surface area (Å²) in [5.41, 5.74) is 0.455. The predicted octanol–water partition coefficient (Wildman–Crippen LogP) is 1.38. The van der Waals surface area contributed by atoms with Gasteiger partial charge in [-0.1, -0.05) is 30.3 Å². The van der Waals surface area contributed by atoms with E-state index in [1.807, 2.05) is 0 Å². The number of carboxylic acid groups (broad SMARTS) is 1. The lowest BCUT2D eigenvalue weighted by molar-refractivity contribution is -0.254. The van der Waals surface area contributed by atoms with E-state index < -0.39 is 11.9 Å². The quantitative estimate of drug-likeness (QED) is 0.850. The van der Waals surface area contributed by atoms with Gasteiger partial charge in [0.15, 0.2) is 0 Å². The van der Waals surface area contributed by atoms with Crippen molar-refractivity contribution in [3.8, 4) is 0 Å². The zero-order chi connectivity index (χ0) is 13.1. The van der Waals surface area contributed by atoms with E-state index in [1.165, 1.54) is 6.07 Å². The Morgan fingerprint density at radius 3 is 2.44 bits per heavy atom. The average Bonchev–Trinajstić information content (AvgIpc) is 2.38. The van der Waals surface area contributed by atoms with Crippen LogP contribution in [0.25, 0.3) is 10.8 Å².